The summed E-state index contributed by atoms with van der Waals surface area (Å²) in [5, 5.41) is 2.79. The van der Waals surface area contributed by atoms with Gasteiger partial charge in [0.2, 0.25) is 0 Å². The molecule has 160 valence electrons. The van der Waals surface area contributed by atoms with Crippen molar-refractivity contribution in [2.45, 2.75) is 35.1 Å². The van der Waals surface area contributed by atoms with Crippen LogP contribution in [0.15, 0.2) is 53.1 Å². The molecule has 8 nitrogen and oxygen atoms in total. The molecule has 3 rings (SSSR count). The molecule has 0 spiro atoms. The lowest BCUT2D eigenvalue weighted by atomic mass is 10.0. The van der Waals surface area contributed by atoms with Crippen LogP contribution in [0.5, 0.6) is 0 Å². The molecule has 0 radical (unpaired) electrons. The van der Waals surface area contributed by atoms with Crippen molar-refractivity contribution in [3.8, 4) is 0 Å². The minimum Gasteiger partial charge on any atom is -0.459 e. The Hall–Kier alpha value is -1.98. The van der Waals surface area contributed by atoms with Gasteiger partial charge in [-0.2, -0.15) is 0 Å². The molecule has 1 aromatic heterocycles. The number of esters is 1. The highest BCUT2D eigenvalue weighted by Gasteiger charge is 2.64. The van der Waals surface area contributed by atoms with Crippen molar-refractivity contribution in [2.75, 3.05) is 4.72 Å². The first kappa shape index (κ1) is 22.7. The number of carbonyl (C=O) groups is 2. The van der Waals surface area contributed by atoms with E-state index in [0.29, 0.717) is 11.3 Å². The van der Waals surface area contributed by atoms with Crippen LogP contribution in [0.4, 0.5) is 5.82 Å². The molecule has 0 bridgehead atoms. The van der Waals surface area contributed by atoms with Gasteiger partial charge in [0.1, 0.15) is 23.4 Å². The first-order chi connectivity index (χ1) is 14.1. The van der Waals surface area contributed by atoms with Gasteiger partial charge in [-0.1, -0.05) is 73.9 Å². The highest BCUT2D eigenvalue weighted by molar-refractivity contribution is 9.26. The maximum Gasteiger partial charge on any atom is 0.333 e. The molecule has 1 aliphatic heterocycles. The van der Waals surface area contributed by atoms with Crippen LogP contribution in [0.25, 0.3) is 0 Å². The van der Waals surface area contributed by atoms with Crippen molar-refractivity contribution < 1.29 is 23.1 Å². The standard InChI is InChI=1S/C19H19Br2N3O5S/c1-11(2)15(16(25)28-10-13-7-5-4-6-8-13)24-17(26)19(20,21)18(24)30(27)23-14-9-12(3)29-22-14/h4-9,15,18H,1,10H2,2-3H3,(H,22,23). The number of benzene rings is 1. The summed E-state index contributed by atoms with van der Waals surface area (Å²) in [6.45, 7) is 7.17. The number of hydrogen-bond donors (Lipinski definition) is 1. The summed E-state index contributed by atoms with van der Waals surface area (Å²) in [7, 11) is -1.84. The predicted octanol–water partition coefficient (Wildman–Crippen LogP) is 3.40. The van der Waals surface area contributed by atoms with E-state index in [4.69, 9.17) is 9.26 Å². The fourth-order valence-electron chi connectivity index (χ4n) is 2.92. The monoisotopic (exact) mass is 559 g/mol. The lowest BCUT2D eigenvalue weighted by Crippen LogP contribution is -2.73. The number of alkyl halides is 2. The minimum absolute atomic E-state index is 0.0451. The molecule has 0 saturated carbocycles. The topological polar surface area (TPSA) is 102 Å². The third kappa shape index (κ3) is 4.52. The maximum absolute atomic E-state index is 13.0. The van der Waals surface area contributed by atoms with Crippen LogP contribution in [0.1, 0.15) is 18.2 Å². The molecular formula is C19H19Br2N3O5S. The lowest BCUT2D eigenvalue weighted by molar-refractivity contribution is -0.160. The minimum atomic E-state index is -1.84. The zero-order valence-electron chi connectivity index (χ0n) is 16.1. The molecule has 1 fully saturated rings. The molecule has 2 aromatic rings. The molecule has 2 heterocycles. The van der Waals surface area contributed by atoms with Crippen molar-refractivity contribution in [1.82, 2.24) is 10.1 Å². The van der Waals surface area contributed by atoms with Gasteiger partial charge in [0.05, 0.1) is 0 Å². The highest BCUT2D eigenvalue weighted by atomic mass is 79.9. The summed E-state index contributed by atoms with van der Waals surface area (Å²) in [5.74, 6) is -0.345. The number of nitrogens with one attached hydrogen (secondary N) is 1. The van der Waals surface area contributed by atoms with Gasteiger partial charge in [-0.05, 0) is 25.0 Å². The van der Waals surface area contributed by atoms with Gasteiger partial charge in [0.15, 0.2) is 20.5 Å². The zero-order valence-corrected chi connectivity index (χ0v) is 20.1. The van der Waals surface area contributed by atoms with Crippen molar-refractivity contribution in [2.24, 2.45) is 0 Å². The van der Waals surface area contributed by atoms with E-state index < -0.39 is 37.5 Å². The predicted molar refractivity (Wildman–Crippen MR) is 119 cm³/mol. The van der Waals surface area contributed by atoms with E-state index in [9.17, 15) is 13.8 Å². The molecule has 1 saturated heterocycles. The van der Waals surface area contributed by atoms with Gasteiger partial charge < -0.3 is 14.2 Å². The van der Waals surface area contributed by atoms with E-state index in [-0.39, 0.29) is 12.4 Å². The molecule has 1 aliphatic rings. The molecule has 0 aliphatic carbocycles. The maximum atomic E-state index is 13.0. The van der Waals surface area contributed by atoms with E-state index in [1.54, 1.807) is 19.9 Å². The van der Waals surface area contributed by atoms with Crippen LogP contribution in [0.2, 0.25) is 0 Å². The average molecular weight is 561 g/mol. The molecule has 3 atom stereocenters. The third-order valence-corrected chi connectivity index (χ3v) is 7.86. The number of nitrogens with zero attached hydrogens (tertiary/aromatic N) is 2. The molecular weight excluding hydrogens is 542 g/mol. The fraction of sp³-hybridized carbons (Fsp3) is 0.316. The Morgan fingerprint density at radius 2 is 2.10 bits per heavy atom. The van der Waals surface area contributed by atoms with Crippen LogP contribution < -0.4 is 4.72 Å². The highest BCUT2D eigenvalue weighted by Crippen LogP contribution is 2.48. The van der Waals surface area contributed by atoms with E-state index >= 15 is 0 Å². The largest absolute Gasteiger partial charge is 0.459 e. The summed E-state index contributed by atoms with van der Waals surface area (Å²) in [6.07, 6.45) is 0. The summed E-state index contributed by atoms with van der Waals surface area (Å²) in [6, 6.07) is 9.63. The number of likely N-dealkylation sites (tertiary alicyclic amines) is 1. The number of ether oxygens (including phenoxy) is 1. The van der Waals surface area contributed by atoms with Gasteiger partial charge >= 0.3 is 5.97 Å². The summed E-state index contributed by atoms with van der Waals surface area (Å²) in [5.41, 5.74) is 1.19. The van der Waals surface area contributed by atoms with Crippen molar-refractivity contribution >= 4 is 60.5 Å². The van der Waals surface area contributed by atoms with Gasteiger partial charge in [-0.3, -0.25) is 9.52 Å². The molecule has 1 aromatic carbocycles. The Morgan fingerprint density at radius 1 is 1.43 bits per heavy atom. The number of rotatable bonds is 8. The van der Waals surface area contributed by atoms with Gasteiger partial charge in [0, 0.05) is 6.07 Å². The Kier molecular flexibility index (Phi) is 6.83. The van der Waals surface area contributed by atoms with Crippen LogP contribution >= 0.6 is 31.9 Å². The lowest BCUT2D eigenvalue weighted by Gasteiger charge is -2.51. The average Bonchev–Trinajstić information content (AvgIpc) is 3.10. The number of aryl methyl sites for hydroxylation is 1. The summed E-state index contributed by atoms with van der Waals surface area (Å²) < 4.78 is 24.7. The Labute approximate surface area is 192 Å². The number of β-lactam (4-membered cyclic amide) rings is 1. The number of amides is 1. The Bertz CT molecular complexity index is 995. The molecule has 11 heteroatoms. The zero-order chi connectivity index (χ0) is 22.1. The van der Waals surface area contributed by atoms with E-state index in [0.717, 1.165) is 5.56 Å². The van der Waals surface area contributed by atoms with Crippen LogP contribution in [-0.4, -0.2) is 40.8 Å². The molecule has 30 heavy (non-hydrogen) atoms. The first-order valence-corrected chi connectivity index (χ1v) is 11.6. The number of aromatic nitrogens is 1. The van der Waals surface area contributed by atoms with Gasteiger partial charge in [-0.25, -0.2) is 9.00 Å². The SMILES string of the molecule is C=C(C)C(C(=O)OCc1ccccc1)N1C(=O)C(Br)(Br)C1S(=O)Nc1cc(C)on1. The van der Waals surface area contributed by atoms with Crippen molar-refractivity contribution in [1.29, 1.82) is 0 Å². The summed E-state index contributed by atoms with van der Waals surface area (Å²) >= 11 is 6.53. The number of halogens is 2. The van der Waals surface area contributed by atoms with E-state index in [1.807, 2.05) is 30.3 Å². The molecule has 1 amide bonds. The first-order valence-electron chi connectivity index (χ1n) is 8.80. The Morgan fingerprint density at radius 3 is 2.67 bits per heavy atom. The number of carbonyl (C=O) groups excluding carboxylic acids is 2. The second-order valence-electron chi connectivity index (χ2n) is 6.75. The Balaban J connectivity index is 1.79. The quantitative estimate of drug-likeness (QED) is 0.230. The van der Waals surface area contributed by atoms with Crippen LogP contribution in [0, 0.1) is 6.92 Å². The van der Waals surface area contributed by atoms with Crippen molar-refractivity contribution in [3.63, 3.8) is 0 Å². The molecule has 3 unspecified atom stereocenters. The second-order valence-corrected chi connectivity index (χ2v) is 11.6. The third-order valence-electron chi connectivity index (χ3n) is 4.31. The van der Waals surface area contributed by atoms with Crippen LogP contribution in [-0.2, 0) is 31.9 Å². The normalized spacial score (nSPS) is 19.5. The van der Waals surface area contributed by atoms with Crippen LogP contribution in [0.3, 0.4) is 0 Å². The molecule has 1 N–H and O–H groups in total. The van der Waals surface area contributed by atoms with E-state index in [1.165, 1.54) is 4.90 Å². The van der Waals surface area contributed by atoms with Crippen molar-refractivity contribution in [3.05, 3.63) is 59.9 Å². The fourth-order valence-corrected chi connectivity index (χ4v) is 5.99. The number of hydrogen-bond acceptors (Lipinski definition) is 6. The second kappa shape index (κ2) is 9.03. The van der Waals surface area contributed by atoms with Gasteiger partial charge in [-0.15, -0.1) is 0 Å². The summed E-state index contributed by atoms with van der Waals surface area (Å²) in [4.78, 5) is 26.8. The number of anilines is 1. The van der Waals surface area contributed by atoms with Gasteiger partial charge in [0.25, 0.3) is 5.91 Å². The smallest absolute Gasteiger partial charge is 0.333 e. The van der Waals surface area contributed by atoms with E-state index in [2.05, 4.69) is 48.3 Å².